The highest BCUT2D eigenvalue weighted by atomic mass is 32.1. The van der Waals surface area contributed by atoms with Gasteiger partial charge in [-0.1, -0.05) is 29.5 Å². The van der Waals surface area contributed by atoms with E-state index in [9.17, 15) is 14.4 Å². The summed E-state index contributed by atoms with van der Waals surface area (Å²) in [6.07, 6.45) is 1.58. The smallest absolute Gasteiger partial charge is 0.338 e. The molecule has 2 aromatic carbocycles. The van der Waals surface area contributed by atoms with E-state index >= 15 is 0 Å². The van der Waals surface area contributed by atoms with Crippen molar-refractivity contribution in [2.24, 2.45) is 4.99 Å². The molecular formula is C34H34N2O8S. The monoisotopic (exact) mass is 630 g/mol. The number of hydrogen-bond acceptors (Lipinski definition) is 10. The van der Waals surface area contributed by atoms with Crippen LogP contribution in [-0.4, -0.2) is 42.9 Å². The number of methoxy groups -OCH3 is 1. The third-order valence-electron chi connectivity index (χ3n) is 6.96. The van der Waals surface area contributed by atoms with Gasteiger partial charge < -0.3 is 23.4 Å². The molecule has 45 heavy (non-hydrogen) atoms. The van der Waals surface area contributed by atoms with Gasteiger partial charge in [0.15, 0.2) is 16.3 Å². The average Bonchev–Trinajstić information content (AvgIpc) is 3.60. The molecule has 1 atom stereocenters. The van der Waals surface area contributed by atoms with E-state index in [2.05, 4.69) is 4.99 Å². The zero-order valence-corrected chi connectivity index (χ0v) is 26.7. The van der Waals surface area contributed by atoms with Crippen molar-refractivity contribution in [2.45, 2.75) is 46.8 Å². The lowest BCUT2D eigenvalue weighted by atomic mass is 9.95. The molecule has 2 aromatic heterocycles. The second kappa shape index (κ2) is 13.4. The molecule has 1 aliphatic heterocycles. The summed E-state index contributed by atoms with van der Waals surface area (Å²) in [4.78, 5) is 44.3. The largest absolute Gasteiger partial charge is 0.493 e. The van der Waals surface area contributed by atoms with Crippen LogP contribution in [-0.2, 0) is 14.3 Å². The second-order valence-corrected chi connectivity index (χ2v) is 11.4. The maximum atomic E-state index is 14.0. The number of rotatable bonds is 10. The molecule has 0 bridgehead atoms. The molecule has 0 aliphatic carbocycles. The number of ether oxygens (including phenoxy) is 4. The van der Waals surface area contributed by atoms with E-state index in [0.717, 1.165) is 5.56 Å². The molecule has 1 aliphatic rings. The Morgan fingerprint density at radius 2 is 1.71 bits per heavy atom. The maximum Gasteiger partial charge on any atom is 0.338 e. The quantitative estimate of drug-likeness (QED) is 0.224. The highest BCUT2D eigenvalue weighted by Crippen LogP contribution is 2.36. The van der Waals surface area contributed by atoms with Crippen molar-refractivity contribution < 1.29 is 33.0 Å². The minimum atomic E-state index is -0.811. The molecule has 0 N–H and O–H groups in total. The van der Waals surface area contributed by atoms with E-state index in [4.69, 9.17) is 23.4 Å². The van der Waals surface area contributed by atoms with Gasteiger partial charge in [-0.05, 0) is 76.6 Å². The van der Waals surface area contributed by atoms with Crippen molar-refractivity contribution >= 4 is 29.4 Å². The van der Waals surface area contributed by atoms with Crippen LogP contribution in [0.5, 0.6) is 11.5 Å². The van der Waals surface area contributed by atoms with Crippen LogP contribution >= 0.6 is 11.3 Å². The van der Waals surface area contributed by atoms with Crippen molar-refractivity contribution in [2.75, 3.05) is 20.3 Å². The summed E-state index contributed by atoms with van der Waals surface area (Å²) >= 11 is 1.20. The number of allylic oxidation sites excluding steroid dienone is 1. The van der Waals surface area contributed by atoms with Gasteiger partial charge in [0.05, 0.1) is 53.8 Å². The Kier molecular flexibility index (Phi) is 9.38. The molecule has 0 spiro atoms. The molecule has 0 fully saturated rings. The molecule has 0 saturated carbocycles. The summed E-state index contributed by atoms with van der Waals surface area (Å²) in [6.45, 7) is 9.52. The summed E-state index contributed by atoms with van der Waals surface area (Å²) in [6, 6.07) is 15.0. The van der Waals surface area contributed by atoms with E-state index < -0.39 is 18.0 Å². The predicted octanol–water partition coefficient (Wildman–Crippen LogP) is 5.03. The van der Waals surface area contributed by atoms with Gasteiger partial charge in [0.2, 0.25) is 0 Å². The minimum absolute atomic E-state index is 0.0780. The van der Waals surface area contributed by atoms with Crippen LogP contribution in [0.2, 0.25) is 0 Å². The molecule has 234 valence electrons. The number of hydrogen-bond donors (Lipinski definition) is 0. The molecule has 11 heteroatoms. The van der Waals surface area contributed by atoms with Gasteiger partial charge >= 0.3 is 11.9 Å². The van der Waals surface area contributed by atoms with Gasteiger partial charge in [0.25, 0.3) is 5.56 Å². The van der Waals surface area contributed by atoms with Gasteiger partial charge in [-0.15, -0.1) is 0 Å². The number of thiazole rings is 1. The van der Waals surface area contributed by atoms with Crippen LogP contribution in [0.25, 0.3) is 17.4 Å². The van der Waals surface area contributed by atoms with Crippen LogP contribution < -0.4 is 24.4 Å². The van der Waals surface area contributed by atoms with Crippen LogP contribution in [0.1, 0.15) is 62.3 Å². The SMILES string of the molecule is CCOC(=O)C1=C(C)N=c2s/c(=C\c3ccc(-c4ccc(C(=O)OCC)cc4)o3)c(=O)n2[C@H]1c1ccc(OC(C)C)c(OC)c1. The number of carbonyl (C=O) groups excluding carboxylic acids is 2. The second-order valence-electron chi connectivity index (χ2n) is 10.4. The number of esters is 2. The Hall–Kier alpha value is -4.90. The molecule has 0 amide bonds. The average molecular weight is 631 g/mol. The molecular weight excluding hydrogens is 596 g/mol. The normalized spacial score (nSPS) is 14.6. The van der Waals surface area contributed by atoms with Crippen LogP contribution in [0, 0.1) is 0 Å². The lowest BCUT2D eigenvalue weighted by Gasteiger charge is -2.25. The van der Waals surface area contributed by atoms with Gasteiger partial charge in [-0.25, -0.2) is 14.6 Å². The fourth-order valence-corrected chi connectivity index (χ4v) is 6.04. The fraction of sp³-hybridized carbons (Fsp3) is 0.294. The Morgan fingerprint density at radius 1 is 1.00 bits per heavy atom. The molecule has 3 heterocycles. The van der Waals surface area contributed by atoms with E-state index in [1.54, 1.807) is 75.4 Å². The topological polar surface area (TPSA) is 119 Å². The standard InChI is InChI=1S/C34H34N2O8S/c1-7-41-32(38)22-11-9-21(10-12-22)25-16-14-24(44-25)18-28-31(37)36-30(23-13-15-26(43-19(3)4)27(17-23)40-6)29(33(39)42-8-2)20(5)35-34(36)45-28/h9-19,30H,7-8H2,1-6H3/b28-18-/t30-/m0/s1. The summed E-state index contributed by atoms with van der Waals surface area (Å²) in [5, 5.41) is 0. The molecule has 0 radical (unpaired) electrons. The van der Waals surface area contributed by atoms with Crippen molar-refractivity contribution in [3.63, 3.8) is 0 Å². The first-order valence-corrected chi connectivity index (χ1v) is 15.4. The molecule has 10 nitrogen and oxygen atoms in total. The van der Waals surface area contributed by atoms with Crippen LogP contribution in [0.3, 0.4) is 0 Å². The van der Waals surface area contributed by atoms with E-state index in [0.29, 0.717) is 55.8 Å². The highest BCUT2D eigenvalue weighted by Gasteiger charge is 2.34. The van der Waals surface area contributed by atoms with Gasteiger partial charge in [-0.2, -0.15) is 0 Å². The first kappa shape index (κ1) is 31.5. The molecule has 5 rings (SSSR count). The Balaban J connectivity index is 1.57. The number of carbonyl (C=O) groups is 2. The Morgan fingerprint density at radius 3 is 2.38 bits per heavy atom. The van der Waals surface area contributed by atoms with Gasteiger partial charge in [0.1, 0.15) is 11.5 Å². The molecule has 0 saturated heterocycles. The van der Waals surface area contributed by atoms with E-state index in [-0.39, 0.29) is 23.8 Å². The van der Waals surface area contributed by atoms with Gasteiger partial charge in [-0.3, -0.25) is 9.36 Å². The number of aromatic nitrogens is 1. The lowest BCUT2D eigenvalue weighted by Crippen LogP contribution is -2.40. The van der Waals surface area contributed by atoms with Crippen molar-refractivity contribution in [3.8, 4) is 22.8 Å². The Labute approximate surface area is 263 Å². The zero-order valence-electron chi connectivity index (χ0n) is 25.9. The van der Waals surface area contributed by atoms with Crippen molar-refractivity contribution in [1.29, 1.82) is 0 Å². The third kappa shape index (κ3) is 6.48. The highest BCUT2D eigenvalue weighted by molar-refractivity contribution is 7.07. The van der Waals surface area contributed by atoms with E-state index in [1.807, 2.05) is 19.9 Å². The summed E-state index contributed by atoms with van der Waals surface area (Å²) in [7, 11) is 1.54. The number of benzene rings is 2. The molecule has 4 aromatic rings. The summed E-state index contributed by atoms with van der Waals surface area (Å²) < 4.78 is 29.9. The van der Waals surface area contributed by atoms with Crippen molar-refractivity contribution in [1.82, 2.24) is 4.57 Å². The Bertz CT molecular complexity index is 1950. The first-order valence-electron chi connectivity index (χ1n) is 14.6. The van der Waals surface area contributed by atoms with E-state index in [1.165, 1.54) is 23.0 Å². The van der Waals surface area contributed by atoms with Crippen molar-refractivity contribution in [3.05, 3.63) is 102 Å². The summed E-state index contributed by atoms with van der Waals surface area (Å²) in [5.74, 6) is 1.10. The first-order chi connectivity index (χ1) is 21.6. The minimum Gasteiger partial charge on any atom is -0.493 e. The number of fused-ring (bicyclic) bond motifs is 1. The maximum absolute atomic E-state index is 14.0. The fourth-order valence-electron chi connectivity index (χ4n) is 5.01. The van der Waals surface area contributed by atoms with Crippen LogP contribution in [0.15, 0.2) is 80.1 Å². The number of nitrogens with zero attached hydrogens (tertiary/aromatic N) is 2. The third-order valence-corrected chi connectivity index (χ3v) is 7.95. The summed E-state index contributed by atoms with van der Waals surface area (Å²) in [5.41, 5.74) is 2.23. The van der Waals surface area contributed by atoms with Crippen LogP contribution in [0.4, 0.5) is 0 Å². The predicted molar refractivity (Wildman–Crippen MR) is 169 cm³/mol. The van der Waals surface area contributed by atoms with Gasteiger partial charge in [0, 0.05) is 11.6 Å². The zero-order chi connectivity index (χ0) is 32.2. The number of furan rings is 1. The molecule has 0 unspecified atom stereocenters. The lowest BCUT2D eigenvalue weighted by molar-refractivity contribution is -0.139.